The van der Waals surface area contributed by atoms with Crippen LogP contribution in [0, 0.1) is 13.8 Å². The van der Waals surface area contributed by atoms with Gasteiger partial charge in [0.1, 0.15) is 5.69 Å². The summed E-state index contributed by atoms with van der Waals surface area (Å²) in [6, 6.07) is 14.7. The summed E-state index contributed by atoms with van der Waals surface area (Å²) in [5, 5.41) is 12.7. The summed E-state index contributed by atoms with van der Waals surface area (Å²) >= 11 is 6.03. The van der Waals surface area contributed by atoms with Gasteiger partial charge in [0.25, 0.3) is 5.91 Å². The molecule has 1 heterocycles. The number of hydrogen-bond donors (Lipinski definition) is 3. The number of H-pyrrole nitrogens is 1. The van der Waals surface area contributed by atoms with Gasteiger partial charge in [0, 0.05) is 16.3 Å². The minimum Gasteiger partial charge on any atom is -0.342 e. The van der Waals surface area contributed by atoms with Gasteiger partial charge in [0.2, 0.25) is 5.91 Å². The zero-order valence-corrected chi connectivity index (χ0v) is 15.7. The Morgan fingerprint density at radius 2 is 1.85 bits per heavy atom. The van der Waals surface area contributed by atoms with Gasteiger partial charge >= 0.3 is 0 Å². The van der Waals surface area contributed by atoms with Crippen LogP contribution in [0.15, 0.2) is 48.5 Å². The standard InChI is InChI=1S/C20H19ClN4O2/c1-12-6-8-14(9-7-12)17-10-18(25-24-17)20(27)22-11-19(26)23-16-5-3-4-15(21)13(16)2/h3-10H,11H2,1-2H3,(H,22,27)(H,23,26)(H,24,25). The molecule has 0 spiro atoms. The summed E-state index contributed by atoms with van der Waals surface area (Å²) in [5.41, 5.74) is 4.40. The SMILES string of the molecule is Cc1ccc(-c2cc(C(=O)NCC(=O)Nc3cccc(Cl)c3C)[nH]n2)cc1. The predicted molar refractivity (Wildman–Crippen MR) is 106 cm³/mol. The summed E-state index contributed by atoms with van der Waals surface area (Å²) in [6.45, 7) is 3.65. The highest BCUT2D eigenvalue weighted by Crippen LogP contribution is 2.22. The van der Waals surface area contributed by atoms with Crippen LogP contribution < -0.4 is 10.6 Å². The number of amides is 2. The Balaban J connectivity index is 1.58. The van der Waals surface area contributed by atoms with Gasteiger partial charge in [-0.3, -0.25) is 14.7 Å². The number of carbonyl (C=O) groups is 2. The number of aromatic nitrogens is 2. The lowest BCUT2D eigenvalue weighted by Gasteiger charge is -2.09. The largest absolute Gasteiger partial charge is 0.342 e. The molecule has 0 radical (unpaired) electrons. The predicted octanol–water partition coefficient (Wildman–Crippen LogP) is 3.72. The van der Waals surface area contributed by atoms with Gasteiger partial charge in [0.05, 0.1) is 12.2 Å². The van der Waals surface area contributed by atoms with Crippen LogP contribution in [0.5, 0.6) is 0 Å². The molecule has 0 saturated carbocycles. The lowest BCUT2D eigenvalue weighted by molar-refractivity contribution is -0.115. The van der Waals surface area contributed by atoms with E-state index in [1.54, 1.807) is 24.3 Å². The Bertz CT molecular complexity index is 980. The van der Waals surface area contributed by atoms with E-state index in [0.717, 1.165) is 16.7 Å². The van der Waals surface area contributed by atoms with Crippen molar-refractivity contribution in [2.45, 2.75) is 13.8 Å². The molecule has 27 heavy (non-hydrogen) atoms. The lowest BCUT2D eigenvalue weighted by Crippen LogP contribution is -2.33. The number of benzene rings is 2. The number of aryl methyl sites for hydroxylation is 1. The highest BCUT2D eigenvalue weighted by atomic mass is 35.5. The van der Waals surface area contributed by atoms with Crippen LogP contribution in [0.4, 0.5) is 5.69 Å². The summed E-state index contributed by atoms with van der Waals surface area (Å²) in [6.07, 6.45) is 0. The number of hydrogen-bond acceptors (Lipinski definition) is 3. The molecule has 0 saturated heterocycles. The van der Waals surface area contributed by atoms with Crippen LogP contribution in [0.3, 0.4) is 0 Å². The average molecular weight is 383 g/mol. The molecule has 1 aromatic heterocycles. The van der Waals surface area contributed by atoms with Crippen LogP contribution in [0.25, 0.3) is 11.3 Å². The zero-order chi connectivity index (χ0) is 19.4. The first-order chi connectivity index (χ1) is 12.9. The fourth-order valence-corrected chi connectivity index (χ4v) is 2.68. The van der Waals surface area contributed by atoms with Gasteiger partial charge in [-0.25, -0.2) is 0 Å². The molecule has 0 atom stereocenters. The molecule has 0 fully saturated rings. The van der Waals surface area contributed by atoms with Crippen LogP contribution in [0.1, 0.15) is 21.6 Å². The summed E-state index contributed by atoms with van der Waals surface area (Å²) < 4.78 is 0. The molecule has 6 nitrogen and oxygen atoms in total. The number of rotatable bonds is 5. The van der Waals surface area contributed by atoms with Crippen molar-refractivity contribution in [3.05, 3.63) is 70.4 Å². The highest BCUT2D eigenvalue weighted by molar-refractivity contribution is 6.31. The first-order valence-electron chi connectivity index (χ1n) is 8.39. The topological polar surface area (TPSA) is 86.9 Å². The van der Waals surface area contributed by atoms with E-state index >= 15 is 0 Å². The van der Waals surface area contributed by atoms with E-state index in [1.165, 1.54) is 0 Å². The van der Waals surface area contributed by atoms with E-state index in [4.69, 9.17) is 11.6 Å². The number of nitrogens with zero attached hydrogens (tertiary/aromatic N) is 1. The van der Waals surface area contributed by atoms with Crippen LogP contribution in [0.2, 0.25) is 5.02 Å². The number of carbonyl (C=O) groups excluding carboxylic acids is 2. The fraction of sp³-hybridized carbons (Fsp3) is 0.150. The lowest BCUT2D eigenvalue weighted by atomic mass is 10.1. The van der Waals surface area contributed by atoms with Gasteiger partial charge in [-0.05, 0) is 37.6 Å². The molecule has 0 bridgehead atoms. The Kier molecular flexibility index (Phi) is 5.57. The third kappa shape index (κ3) is 4.54. The van der Waals surface area contributed by atoms with E-state index in [2.05, 4.69) is 20.8 Å². The van der Waals surface area contributed by atoms with Gasteiger partial charge in [-0.1, -0.05) is 47.5 Å². The minimum absolute atomic E-state index is 0.163. The maximum atomic E-state index is 12.2. The molecule has 0 aliphatic carbocycles. The molecule has 3 aromatic rings. The van der Waals surface area contributed by atoms with E-state index in [9.17, 15) is 9.59 Å². The van der Waals surface area contributed by atoms with Crippen LogP contribution >= 0.6 is 11.6 Å². The second-order valence-electron chi connectivity index (χ2n) is 6.18. The van der Waals surface area contributed by atoms with Crippen molar-refractivity contribution in [1.29, 1.82) is 0 Å². The fourth-order valence-electron chi connectivity index (χ4n) is 2.50. The number of aromatic amines is 1. The summed E-state index contributed by atoms with van der Waals surface area (Å²) in [7, 11) is 0. The van der Waals surface area contributed by atoms with Gasteiger partial charge in [-0.2, -0.15) is 5.10 Å². The molecule has 7 heteroatoms. The Hall–Kier alpha value is -3.12. The minimum atomic E-state index is -0.404. The van der Waals surface area contributed by atoms with Gasteiger partial charge < -0.3 is 10.6 Å². The Labute approximate surface area is 161 Å². The second-order valence-corrected chi connectivity index (χ2v) is 6.58. The maximum absolute atomic E-state index is 12.2. The van der Waals surface area contributed by atoms with Crippen molar-refractivity contribution in [3.8, 4) is 11.3 Å². The number of halogens is 1. The van der Waals surface area contributed by atoms with Crippen molar-refractivity contribution in [2.75, 3.05) is 11.9 Å². The summed E-state index contributed by atoms with van der Waals surface area (Å²) in [4.78, 5) is 24.3. The summed E-state index contributed by atoms with van der Waals surface area (Å²) in [5.74, 6) is -0.745. The quantitative estimate of drug-likeness (QED) is 0.628. The average Bonchev–Trinajstić information content (AvgIpc) is 3.14. The molecule has 0 aliphatic heterocycles. The number of anilines is 1. The molecule has 2 aromatic carbocycles. The molecule has 2 amide bonds. The highest BCUT2D eigenvalue weighted by Gasteiger charge is 2.13. The third-order valence-corrected chi connectivity index (χ3v) is 4.53. The molecule has 0 aliphatic rings. The maximum Gasteiger partial charge on any atom is 0.269 e. The van der Waals surface area contributed by atoms with E-state index in [1.807, 2.05) is 38.1 Å². The monoisotopic (exact) mass is 382 g/mol. The number of nitrogens with one attached hydrogen (secondary N) is 3. The first-order valence-corrected chi connectivity index (χ1v) is 8.77. The second kappa shape index (κ2) is 8.05. The first kappa shape index (κ1) is 18.7. The van der Waals surface area contributed by atoms with E-state index in [-0.39, 0.29) is 18.1 Å². The van der Waals surface area contributed by atoms with Crippen LogP contribution in [-0.2, 0) is 4.79 Å². The van der Waals surface area contributed by atoms with Crippen molar-refractivity contribution in [1.82, 2.24) is 15.5 Å². The van der Waals surface area contributed by atoms with Gasteiger partial charge in [0.15, 0.2) is 0 Å². The molecule has 3 rings (SSSR count). The molecule has 138 valence electrons. The third-order valence-electron chi connectivity index (χ3n) is 4.12. The molecule has 3 N–H and O–H groups in total. The zero-order valence-electron chi connectivity index (χ0n) is 15.0. The van der Waals surface area contributed by atoms with E-state index in [0.29, 0.717) is 16.4 Å². The van der Waals surface area contributed by atoms with Crippen molar-refractivity contribution >= 4 is 29.1 Å². The van der Waals surface area contributed by atoms with Crippen molar-refractivity contribution in [3.63, 3.8) is 0 Å². The molecular weight excluding hydrogens is 364 g/mol. The van der Waals surface area contributed by atoms with E-state index < -0.39 is 5.91 Å². The molecular formula is C20H19ClN4O2. The smallest absolute Gasteiger partial charge is 0.269 e. The van der Waals surface area contributed by atoms with Crippen molar-refractivity contribution in [2.24, 2.45) is 0 Å². The normalized spacial score (nSPS) is 10.5. The Morgan fingerprint density at radius 1 is 1.11 bits per heavy atom. The van der Waals surface area contributed by atoms with Gasteiger partial charge in [-0.15, -0.1) is 0 Å². The van der Waals surface area contributed by atoms with Crippen molar-refractivity contribution < 1.29 is 9.59 Å². The molecule has 0 unspecified atom stereocenters. The Morgan fingerprint density at radius 3 is 2.59 bits per heavy atom. The van der Waals surface area contributed by atoms with Crippen LogP contribution in [-0.4, -0.2) is 28.6 Å².